The molecule has 3 unspecified atom stereocenters. The van der Waals surface area contributed by atoms with Gasteiger partial charge in [-0.2, -0.15) is 0 Å². The van der Waals surface area contributed by atoms with Crippen molar-refractivity contribution in [1.29, 1.82) is 0 Å². The maximum absolute atomic E-state index is 5.55. The van der Waals surface area contributed by atoms with Gasteiger partial charge in [-0.15, -0.1) is 0 Å². The van der Waals surface area contributed by atoms with Crippen LogP contribution in [0.25, 0.3) is 0 Å². The average molecular weight is 250 g/mol. The van der Waals surface area contributed by atoms with Gasteiger partial charge in [0.2, 0.25) is 0 Å². The lowest BCUT2D eigenvalue weighted by Crippen LogP contribution is -2.56. The van der Waals surface area contributed by atoms with Gasteiger partial charge < -0.3 is 9.73 Å². The highest BCUT2D eigenvalue weighted by atomic mass is 16.3. The number of nitrogens with one attached hydrogen (secondary N) is 1. The van der Waals surface area contributed by atoms with Gasteiger partial charge in [0.15, 0.2) is 0 Å². The Balaban J connectivity index is 2.01. The molecular formula is C15H26N2O. The molecule has 1 aromatic rings. The Labute approximate surface area is 111 Å². The fourth-order valence-corrected chi connectivity index (χ4v) is 2.91. The van der Waals surface area contributed by atoms with E-state index in [-0.39, 0.29) is 0 Å². The van der Waals surface area contributed by atoms with Gasteiger partial charge in [-0.1, -0.05) is 13.8 Å². The molecule has 1 aromatic heterocycles. The Morgan fingerprint density at radius 2 is 2.22 bits per heavy atom. The van der Waals surface area contributed by atoms with Crippen molar-refractivity contribution in [2.24, 2.45) is 5.92 Å². The lowest BCUT2D eigenvalue weighted by Gasteiger charge is -2.42. The van der Waals surface area contributed by atoms with Gasteiger partial charge in [-0.25, -0.2) is 0 Å². The van der Waals surface area contributed by atoms with E-state index in [2.05, 4.69) is 44.0 Å². The molecule has 102 valence electrons. The first kappa shape index (κ1) is 13.6. The quantitative estimate of drug-likeness (QED) is 0.890. The van der Waals surface area contributed by atoms with Crippen LogP contribution >= 0.6 is 0 Å². The van der Waals surface area contributed by atoms with Crippen molar-refractivity contribution in [3.63, 3.8) is 0 Å². The van der Waals surface area contributed by atoms with Crippen molar-refractivity contribution < 1.29 is 4.42 Å². The summed E-state index contributed by atoms with van der Waals surface area (Å²) >= 11 is 0. The van der Waals surface area contributed by atoms with Crippen LogP contribution < -0.4 is 5.32 Å². The molecule has 1 aliphatic rings. The molecule has 1 fully saturated rings. The zero-order valence-corrected chi connectivity index (χ0v) is 12.0. The minimum Gasteiger partial charge on any atom is -0.468 e. The molecule has 18 heavy (non-hydrogen) atoms. The molecule has 2 rings (SSSR count). The Kier molecular flexibility index (Phi) is 4.46. The van der Waals surface area contributed by atoms with Crippen LogP contribution in [0.2, 0.25) is 0 Å². The minimum atomic E-state index is 0.367. The number of nitrogens with zero attached hydrogens (tertiary/aromatic N) is 1. The second-order valence-corrected chi connectivity index (χ2v) is 5.97. The predicted octanol–water partition coefficient (Wildman–Crippen LogP) is 3.05. The largest absolute Gasteiger partial charge is 0.468 e. The third-order valence-corrected chi connectivity index (χ3v) is 3.91. The van der Waals surface area contributed by atoms with Gasteiger partial charge in [0.05, 0.1) is 12.3 Å². The number of furan rings is 1. The Morgan fingerprint density at radius 3 is 2.83 bits per heavy atom. The lowest BCUT2D eigenvalue weighted by atomic mass is 9.98. The Morgan fingerprint density at radius 1 is 1.44 bits per heavy atom. The number of hydrogen-bond acceptors (Lipinski definition) is 3. The highest BCUT2D eigenvalue weighted by molar-refractivity contribution is 5.05. The normalized spacial score (nSPS) is 27.6. The van der Waals surface area contributed by atoms with Crippen molar-refractivity contribution in [1.82, 2.24) is 10.2 Å². The van der Waals surface area contributed by atoms with E-state index in [0.29, 0.717) is 18.1 Å². The molecule has 0 radical (unpaired) electrons. The van der Waals surface area contributed by atoms with E-state index >= 15 is 0 Å². The summed E-state index contributed by atoms with van der Waals surface area (Å²) in [5, 5.41) is 3.66. The van der Waals surface area contributed by atoms with E-state index in [0.717, 1.165) is 24.8 Å². The van der Waals surface area contributed by atoms with Crippen LogP contribution in [0.4, 0.5) is 0 Å². The molecule has 0 bridgehead atoms. The van der Waals surface area contributed by atoms with Gasteiger partial charge in [0.1, 0.15) is 5.76 Å². The molecule has 3 heteroatoms. The molecule has 1 aliphatic heterocycles. The summed E-state index contributed by atoms with van der Waals surface area (Å²) in [7, 11) is 0. The minimum absolute atomic E-state index is 0.367. The third-order valence-electron chi connectivity index (χ3n) is 3.91. The molecule has 0 aromatic carbocycles. The van der Waals surface area contributed by atoms with Crippen molar-refractivity contribution >= 4 is 0 Å². The SMILES string of the molecule is CC(C)CC1CN(C(C)c2ccco2)C(C)CN1. The standard InChI is InChI=1S/C15H26N2O/c1-11(2)8-14-10-17(12(3)9-16-14)13(4)15-6-5-7-18-15/h5-7,11-14,16H,8-10H2,1-4H3. The summed E-state index contributed by atoms with van der Waals surface area (Å²) in [6, 6.07) is 5.60. The summed E-state index contributed by atoms with van der Waals surface area (Å²) in [4.78, 5) is 2.56. The van der Waals surface area contributed by atoms with E-state index in [4.69, 9.17) is 4.42 Å². The van der Waals surface area contributed by atoms with Crippen LogP contribution in [-0.2, 0) is 0 Å². The van der Waals surface area contributed by atoms with E-state index < -0.39 is 0 Å². The van der Waals surface area contributed by atoms with Gasteiger partial charge >= 0.3 is 0 Å². The highest BCUT2D eigenvalue weighted by Crippen LogP contribution is 2.25. The van der Waals surface area contributed by atoms with Crippen molar-refractivity contribution in [2.45, 2.75) is 52.2 Å². The van der Waals surface area contributed by atoms with Crippen LogP contribution in [-0.4, -0.2) is 30.1 Å². The van der Waals surface area contributed by atoms with Crippen LogP contribution in [0.1, 0.15) is 45.9 Å². The highest BCUT2D eigenvalue weighted by Gasteiger charge is 2.30. The van der Waals surface area contributed by atoms with Gasteiger partial charge in [-0.3, -0.25) is 4.90 Å². The first-order chi connectivity index (χ1) is 8.58. The summed E-state index contributed by atoms with van der Waals surface area (Å²) in [5.74, 6) is 1.82. The zero-order chi connectivity index (χ0) is 13.1. The maximum atomic E-state index is 5.55. The summed E-state index contributed by atoms with van der Waals surface area (Å²) in [6.07, 6.45) is 3.01. The number of hydrogen-bond donors (Lipinski definition) is 1. The van der Waals surface area contributed by atoms with Crippen LogP contribution in [0, 0.1) is 5.92 Å². The van der Waals surface area contributed by atoms with Crippen LogP contribution in [0.5, 0.6) is 0 Å². The summed E-state index contributed by atoms with van der Waals surface area (Å²) < 4.78 is 5.55. The van der Waals surface area contributed by atoms with Crippen LogP contribution in [0.3, 0.4) is 0 Å². The third kappa shape index (κ3) is 3.15. The van der Waals surface area contributed by atoms with Gasteiger partial charge in [0.25, 0.3) is 0 Å². The summed E-state index contributed by atoms with van der Waals surface area (Å²) in [5.41, 5.74) is 0. The van der Waals surface area contributed by atoms with E-state index in [9.17, 15) is 0 Å². The molecule has 0 amide bonds. The molecule has 0 saturated carbocycles. The number of rotatable bonds is 4. The van der Waals surface area contributed by atoms with E-state index in [1.807, 2.05) is 6.07 Å². The number of piperazine rings is 1. The molecule has 1 N–H and O–H groups in total. The molecule has 0 spiro atoms. The molecule has 1 saturated heterocycles. The van der Waals surface area contributed by atoms with E-state index in [1.54, 1.807) is 6.26 Å². The maximum Gasteiger partial charge on any atom is 0.120 e. The van der Waals surface area contributed by atoms with E-state index in [1.165, 1.54) is 6.42 Å². The van der Waals surface area contributed by atoms with Crippen molar-refractivity contribution in [3.05, 3.63) is 24.2 Å². The second-order valence-electron chi connectivity index (χ2n) is 5.97. The lowest BCUT2D eigenvalue weighted by molar-refractivity contribution is 0.0820. The molecule has 2 heterocycles. The molecule has 3 atom stereocenters. The fraction of sp³-hybridized carbons (Fsp3) is 0.733. The Bertz CT molecular complexity index is 347. The second kappa shape index (κ2) is 5.89. The molecule has 3 nitrogen and oxygen atoms in total. The van der Waals surface area contributed by atoms with Gasteiger partial charge in [0, 0.05) is 25.2 Å². The zero-order valence-electron chi connectivity index (χ0n) is 12.0. The average Bonchev–Trinajstić information content (AvgIpc) is 2.83. The molecular weight excluding hydrogens is 224 g/mol. The fourth-order valence-electron chi connectivity index (χ4n) is 2.91. The van der Waals surface area contributed by atoms with Crippen molar-refractivity contribution in [2.75, 3.05) is 13.1 Å². The Hall–Kier alpha value is -0.800. The smallest absolute Gasteiger partial charge is 0.120 e. The van der Waals surface area contributed by atoms with Gasteiger partial charge in [-0.05, 0) is 38.3 Å². The summed E-state index contributed by atoms with van der Waals surface area (Å²) in [6.45, 7) is 11.3. The van der Waals surface area contributed by atoms with Crippen molar-refractivity contribution in [3.8, 4) is 0 Å². The predicted molar refractivity (Wildman–Crippen MR) is 74.5 cm³/mol. The first-order valence-corrected chi connectivity index (χ1v) is 7.10. The monoisotopic (exact) mass is 250 g/mol. The first-order valence-electron chi connectivity index (χ1n) is 7.10. The molecule has 0 aliphatic carbocycles. The van der Waals surface area contributed by atoms with Crippen LogP contribution in [0.15, 0.2) is 22.8 Å². The topological polar surface area (TPSA) is 28.4 Å².